The molecule has 2 heterocycles. The van der Waals surface area contributed by atoms with Gasteiger partial charge in [-0.25, -0.2) is 4.79 Å². The summed E-state index contributed by atoms with van der Waals surface area (Å²) in [5.41, 5.74) is 5.53. The topological polar surface area (TPSA) is 102 Å². The fourth-order valence-electron chi connectivity index (χ4n) is 5.70. The van der Waals surface area contributed by atoms with Gasteiger partial charge in [-0.2, -0.15) is 0 Å². The van der Waals surface area contributed by atoms with E-state index in [4.69, 9.17) is 21.7 Å². The Morgan fingerprint density at radius 3 is 2.49 bits per heavy atom. The van der Waals surface area contributed by atoms with Gasteiger partial charge in [0, 0.05) is 74.7 Å². The fraction of sp³-hybridized carbons (Fsp3) is 0.538. The molecular weight excluding hydrogens is 636 g/mol. The van der Waals surface area contributed by atoms with E-state index in [0.717, 1.165) is 42.8 Å². The Bertz CT molecular complexity index is 1400. The van der Waals surface area contributed by atoms with Gasteiger partial charge in [0.25, 0.3) is 0 Å². The number of terminal acetylenes is 1. The van der Waals surface area contributed by atoms with Gasteiger partial charge in [0.1, 0.15) is 11.6 Å². The normalized spacial score (nSPS) is 16.2. The maximum absolute atomic E-state index is 13.4. The molecule has 2 N–H and O–H groups in total. The lowest BCUT2D eigenvalue weighted by Gasteiger charge is -2.38. The largest absolute Gasteiger partial charge is 0.444 e. The zero-order valence-electron chi connectivity index (χ0n) is 30.4. The van der Waals surface area contributed by atoms with Crippen molar-refractivity contribution in [1.29, 1.82) is 5.41 Å². The number of halogens is 1. The maximum Gasteiger partial charge on any atom is 0.411 e. The molecule has 1 atom stereocenters. The van der Waals surface area contributed by atoms with Crippen LogP contribution in [0.25, 0.3) is 0 Å². The smallest absolute Gasteiger partial charge is 0.411 e. The van der Waals surface area contributed by atoms with Crippen molar-refractivity contribution < 1.29 is 14.3 Å². The third kappa shape index (κ3) is 13.2. The van der Waals surface area contributed by atoms with E-state index >= 15 is 0 Å². The number of ether oxygens (including phenoxy) is 1. The first-order chi connectivity index (χ1) is 23.5. The van der Waals surface area contributed by atoms with E-state index in [1.165, 1.54) is 28.7 Å². The Morgan fingerprint density at radius 2 is 1.86 bits per heavy atom. The predicted molar refractivity (Wildman–Crippen MR) is 201 cm³/mol. The molecule has 0 unspecified atom stereocenters. The molecule has 2 fully saturated rings. The van der Waals surface area contributed by atoms with Crippen LogP contribution < -0.4 is 5.32 Å². The molecule has 2 aromatic rings. The summed E-state index contributed by atoms with van der Waals surface area (Å²) in [5.74, 6) is 0.504. The quantitative estimate of drug-likeness (QED) is 0.167. The van der Waals surface area contributed by atoms with Crippen molar-refractivity contribution in [2.24, 2.45) is 5.92 Å². The molecule has 5 rings (SSSR count). The number of aryl methyl sites for hydroxylation is 2. The monoisotopic (exact) mass is 692 g/mol. The Hall–Kier alpha value is -3.87. The molecular formula is C39H57ClN6O3. The molecule has 1 saturated heterocycles. The summed E-state index contributed by atoms with van der Waals surface area (Å²) in [6.07, 6.45) is 16.7. The lowest BCUT2D eigenvalue weighted by atomic mass is 10.0. The van der Waals surface area contributed by atoms with Crippen LogP contribution in [0.4, 0.5) is 4.79 Å². The van der Waals surface area contributed by atoms with Crippen LogP contribution in [0.15, 0.2) is 48.8 Å². The second kappa shape index (κ2) is 20.6. The second-order valence-electron chi connectivity index (χ2n) is 13.1. The number of piperazine rings is 1. The molecule has 1 aromatic carbocycles. The number of rotatable bonds is 9. The van der Waals surface area contributed by atoms with Crippen molar-refractivity contribution in [3.05, 3.63) is 76.2 Å². The average Bonchev–Trinajstić information content (AvgIpc) is 3.94. The summed E-state index contributed by atoms with van der Waals surface area (Å²) < 4.78 is 5.53. The molecule has 268 valence electrons. The van der Waals surface area contributed by atoms with E-state index in [0.29, 0.717) is 51.6 Å². The van der Waals surface area contributed by atoms with Gasteiger partial charge in [-0.15, -0.1) is 12.8 Å². The van der Waals surface area contributed by atoms with Gasteiger partial charge in [-0.1, -0.05) is 44.2 Å². The highest BCUT2D eigenvalue weighted by Crippen LogP contribution is 2.30. The molecule has 0 bridgehead atoms. The fourth-order valence-corrected chi connectivity index (χ4v) is 5.89. The molecule has 3 aliphatic rings. The van der Waals surface area contributed by atoms with Gasteiger partial charge in [0.2, 0.25) is 5.91 Å². The number of fused-ring (bicyclic) bond motifs is 2. The molecule has 49 heavy (non-hydrogen) atoms. The number of benzene rings is 1. The van der Waals surface area contributed by atoms with E-state index in [9.17, 15) is 9.59 Å². The zero-order valence-corrected chi connectivity index (χ0v) is 31.2. The highest BCUT2D eigenvalue weighted by molar-refractivity contribution is 6.30. The molecule has 1 aliphatic heterocycles. The number of carbonyl (C=O) groups is 2. The van der Waals surface area contributed by atoms with Crippen molar-refractivity contribution in [3.8, 4) is 12.8 Å². The molecule has 0 spiro atoms. The van der Waals surface area contributed by atoms with Crippen molar-refractivity contribution >= 4 is 29.9 Å². The van der Waals surface area contributed by atoms with E-state index in [2.05, 4.69) is 47.9 Å². The molecule has 1 aromatic heterocycles. The molecule has 2 aliphatic carbocycles. The van der Waals surface area contributed by atoms with Crippen LogP contribution in [-0.2, 0) is 28.8 Å². The lowest BCUT2D eigenvalue weighted by Crippen LogP contribution is -2.61. The average molecular weight is 693 g/mol. The SMILES string of the molecule is C#C.C=C(CCN(CC1CC1)C(=O)[C@H]1CNCCN1C(=O)OC(C)(C)C)N(C=N)CC.CC.Clc1ccc2c(c1)CCc1cccnc1C2. The predicted octanol–water partition coefficient (Wildman–Crippen LogP) is 6.97. The first-order valence-electron chi connectivity index (χ1n) is 17.5. The van der Waals surface area contributed by atoms with Gasteiger partial charge in [-0.05, 0) is 94.2 Å². The number of amides is 2. The maximum atomic E-state index is 13.4. The zero-order chi connectivity index (χ0) is 36.6. The third-order valence-corrected chi connectivity index (χ3v) is 8.63. The third-order valence-electron chi connectivity index (χ3n) is 8.39. The Labute approximate surface area is 299 Å². The van der Waals surface area contributed by atoms with Gasteiger partial charge >= 0.3 is 6.09 Å². The van der Waals surface area contributed by atoms with E-state index in [1.807, 2.05) is 64.8 Å². The summed E-state index contributed by atoms with van der Waals surface area (Å²) in [6, 6.07) is 9.81. The number of hydrogen-bond donors (Lipinski definition) is 2. The first-order valence-corrected chi connectivity index (χ1v) is 17.8. The standard InChI is InChI=1S/C21H37N5O3.C14H12ClN.C2H6.C2H2/c1-6-24(15-22)16(2)9-11-25(14-17-7-8-17)19(27)18-13-23-10-12-26(18)20(28)29-21(3,4)5;15-13-6-5-12-9-14-10(2-1-7-16-14)3-4-11(12)8-13;2*1-2/h15,17-18,22-23H,2,6-14H2,1,3-5H3;1-2,5-8H,3-4,9H2;1-2H3;1-2H/t18-;;;/m1.../s1. The summed E-state index contributed by atoms with van der Waals surface area (Å²) in [6.45, 7) is 19.0. The van der Waals surface area contributed by atoms with Crippen LogP contribution in [0.2, 0.25) is 5.02 Å². The van der Waals surface area contributed by atoms with Crippen LogP contribution in [-0.4, -0.2) is 88.9 Å². The minimum absolute atomic E-state index is 0.0411. The highest BCUT2D eigenvalue weighted by atomic mass is 35.5. The Kier molecular flexibility index (Phi) is 17.4. The van der Waals surface area contributed by atoms with Gasteiger partial charge in [0.05, 0.1) is 6.34 Å². The summed E-state index contributed by atoms with van der Waals surface area (Å²) in [5, 5.41) is 11.5. The number of nitrogens with one attached hydrogen (secondary N) is 2. The van der Waals surface area contributed by atoms with Crippen LogP contribution in [0.5, 0.6) is 0 Å². The first kappa shape index (κ1) is 41.3. The molecule has 1 saturated carbocycles. The lowest BCUT2D eigenvalue weighted by molar-refractivity contribution is -0.137. The number of aromatic nitrogens is 1. The molecule has 10 heteroatoms. The van der Waals surface area contributed by atoms with Crippen LogP contribution in [0.1, 0.15) is 83.2 Å². The summed E-state index contributed by atoms with van der Waals surface area (Å²) in [4.78, 5) is 35.8. The van der Waals surface area contributed by atoms with Gasteiger partial charge < -0.3 is 19.9 Å². The van der Waals surface area contributed by atoms with Gasteiger partial charge in [-0.3, -0.25) is 20.1 Å². The van der Waals surface area contributed by atoms with Crippen molar-refractivity contribution in [1.82, 2.24) is 25.0 Å². The van der Waals surface area contributed by atoms with E-state index in [1.54, 1.807) is 9.80 Å². The van der Waals surface area contributed by atoms with Gasteiger partial charge in [0.15, 0.2) is 0 Å². The molecule has 2 amide bonds. The Morgan fingerprint density at radius 1 is 1.16 bits per heavy atom. The van der Waals surface area contributed by atoms with Crippen molar-refractivity contribution in [2.75, 3.05) is 39.3 Å². The van der Waals surface area contributed by atoms with Crippen LogP contribution >= 0.6 is 11.6 Å². The van der Waals surface area contributed by atoms with Crippen molar-refractivity contribution in [2.45, 2.75) is 91.7 Å². The summed E-state index contributed by atoms with van der Waals surface area (Å²) >= 11 is 6.03. The Balaban J connectivity index is 0.000000348. The number of carbonyl (C=O) groups excluding carboxylic acids is 2. The van der Waals surface area contributed by atoms with Crippen LogP contribution in [0, 0.1) is 24.2 Å². The van der Waals surface area contributed by atoms with E-state index < -0.39 is 17.7 Å². The minimum Gasteiger partial charge on any atom is -0.444 e. The minimum atomic E-state index is -0.600. The second-order valence-corrected chi connectivity index (χ2v) is 13.5. The number of pyridine rings is 1. The number of nitrogens with zero attached hydrogens (tertiary/aromatic N) is 4. The summed E-state index contributed by atoms with van der Waals surface area (Å²) in [7, 11) is 0. The molecule has 0 radical (unpaired) electrons. The van der Waals surface area contributed by atoms with Crippen molar-refractivity contribution in [3.63, 3.8) is 0 Å². The number of hydrogen-bond acceptors (Lipinski definition) is 6. The van der Waals surface area contributed by atoms with Crippen LogP contribution in [0.3, 0.4) is 0 Å². The van der Waals surface area contributed by atoms with E-state index in [-0.39, 0.29) is 5.91 Å². The highest BCUT2D eigenvalue weighted by Gasteiger charge is 2.38. The molecule has 9 nitrogen and oxygen atoms in total.